The summed E-state index contributed by atoms with van der Waals surface area (Å²) in [4.78, 5) is 15.5. The van der Waals surface area contributed by atoms with E-state index in [1.54, 1.807) is 23.9 Å². The van der Waals surface area contributed by atoms with Crippen molar-refractivity contribution in [1.29, 1.82) is 0 Å². The summed E-state index contributed by atoms with van der Waals surface area (Å²) in [7, 11) is 0. The number of hydrogen-bond donors (Lipinski definition) is 1. The third-order valence-corrected chi connectivity index (χ3v) is 5.88. The summed E-state index contributed by atoms with van der Waals surface area (Å²) in [5.41, 5.74) is 1.25. The lowest BCUT2D eigenvalue weighted by atomic mass is 9.89. The predicted octanol–water partition coefficient (Wildman–Crippen LogP) is 4.93. The Bertz CT molecular complexity index is 695. The molecule has 25 heavy (non-hydrogen) atoms. The lowest BCUT2D eigenvalue weighted by Crippen LogP contribution is -2.38. The van der Waals surface area contributed by atoms with E-state index in [1.165, 1.54) is 5.56 Å². The van der Waals surface area contributed by atoms with Crippen molar-refractivity contribution in [2.24, 2.45) is 0 Å². The molecule has 0 aromatic heterocycles. The molecule has 0 aliphatic carbocycles. The van der Waals surface area contributed by atoms with E-state index in [0.29, 0.717) is 18.1 Å². The van der Waals surface area contributed by atoms with Crippen LogP contribution in [0.3, 0.4) is 0 Å². The number of amides is 1. The molecular formula is C20H22ClNO2S. The molecule has 3 rings (SSSR count). The Morgan fingerprint density at radius 2 is 1.72 bits per heavy atom. The van der Waals surface area contributed by atoms with Crippen LogP contribution in [0.4, 0.5) is 0 Å². The first-order valence-corrected chi connectivity index (χ1v) is 9.93. The third-order valence-electron chi connectivity index (χ3n) is 4.61. The highest BCUT2D eigenvalue weighted by Crippen LogP contribution is 2.29. The van der Waals surface area contributed by atoms with Crippen molar-refractivity contribution in [3.63, 3.8) is 0 Å². The number of halogens is 1. The molecule has 1 amide bonds. The number of likely N-dealkylation sites (tertiary alicyclic amines) is 1. The number of carbonyl (C=O) groups excluding carboxylic acids is 1. The minimum atomic E-state index is 0.241. The first kappa shape index (κ1) is 18.2. The van der Waals surface area contributed by atoms with Gasteiger partial charge in [0, 0.05) is 35.2 Å². The zero-order valence-corrected chi connectivity index (χ0v) is 15.6. The van der Waals surface area contributed by atoms with Crippen LogP contribution in [0, 0.1) is 0 Å². The van der Waals surface area contributed by atoms with Gasteiger partial charge in [-0.1, -0.05) is 23.7 Å². The number of thioether (sulfide) groups is 1. The van der Waals surface area contributed by atoms with Crippen LogP contribution in [0.5, 0.6) is 5.75 Å². The zero-order valence-electron chi connectivity index (χ0n) is 14.0. The van der Waals surface area contributed by atoms with Crippen LogP contribution >= 0.6 is 23.4 Å². The molecule has 5 heteroatoms. The van der Waals surface area contributed by atoms with Crippen molar-refractivity contribution < 1.29 is 9.90 Å². The van der Waals surface area contributed by atoms with Crippen molar-refractivity contribution in [2.75, 3.05) is 18.8 Å². The van der Waals surface area contributed by atoms with Crippen LogP contribution in [0.2, 0.25) is 5.02 Å². The maximum Gasteiger partial charge on any atom is 0.223 e. The molecule has 1 saturated heterocycles. The number of carbonyl (C=O) groups is 1. The van der Waals surface area contributed by atoms with Gasteiger partial charge in [0.1, 0.15) is 5.75 Å². The first-order chi connectivity index (χ1) is 12.1. The van der Waals surface area contributed by atoms with E-state index >= 15 is 0 Å². The van der Waals surface area contributed by atoms with Gasteiger partial charge in [-0.2, -0.15) is 0 Å². The topological polar surface area (TPSA) is 40.5 Å². The van der Waals surface area contributed by atoms with Crippen molar-refractivity contribution in [3.8, 4) is 5.75 Å². The smallest absolute Gasteiger partial charge is 0.223 e. The van der Waals surface area contributed by atoms with Crippen LogP contribution in [0.15, 0.2) is 53.4 Å². The molecule has 0 spiro atoms. The molecular weight excluding hydrogens is 354 g/mol. The fourth-order valence-electron chi connectivity index (χ4n) is 3.15. The number of hydrogen-bond acceptors (Lipinski definition) is 3. The Morgan fingerprint density at radius 3 is 2.36 bits per heavy atom. The molecule has 1 aliphatic heterocycles. The van der Waals surface area contributed by atoms with Crippen molar-refractivity contribution in [2.45, 2.75) is 30.1 Å². The van der Waals surface area contributed by atoms with Gasteiger partial charge in [0.05, 0.1) is 0 Å². The first-order valence-electron chi connectivity index (χ1n) is 8.57. The SMILES string of the molecule is O=C(CCSc1ccc(Cl)cc1)N1CCC(c2ccc(O)cc2)CC1. The molecule has 0 radical (unpaired) electrons. The average Bonchev–Trinajstić information content (AvgIpc) is 2.64. The summed E-state index contributed by atoms with van der Waals surface area (Å²) < 4.78 is 0. The highest BCUT2D eigenvalue weighted by atomic mass is 35.5. The minimum Gasteiger partial charge on any atom is -0.508 e. The van der Waals surface area contributed by atoms with E-state index in [-0.39, 0.29) is 5.91 Å². The average molecular weight is 376 g/mol. The number of phenols is 1. The normalized spacial score (nSPS) is 15.3. The van der Waals surface area contributed by atoms with Crippen molar-refractivity contribution in [1.82, 2.24) is 4.90 Å². The lowest BCUT2D eigenvalue weighted by Gasteiger charge is -2.32. The van der Waals surface area contributed by atoms with Crippen molar-refractivity contribution >= 4 is 29.3 Å². The van der Waals surface area contributed by atoms with Crippen molar-refractivity contribution in [3.05, 3.63) is 59.1 Å². The Labute approximate surface area is 158 Å². The Morgan fingerprint density at radius 1 is 1.08 bits per heavy atom. The third kappa shape index (κ3) is 5.16. The van der Waals surface area contributed by atoms with Crippen LogP contribution in [0.1, 0.15) is 30.7 Å². The molecule has 0 bridgehead atoms. The zero-order chi connectivity index (χ0) is 17.6. The Balaban J connectivity index is 1.42. The summed E-state index contributed by atoms with van der Waals surface area (Å²) in [6.45, 7) is 1.63. The molecule has 1 heterocycles. The summed E-state index contributed by atoms with van der Waals surface area (Å²) in [5.74, 6) is 1.81. The van der Waals surface area contributed by atoms with Gasteiger partial charge < -0.3 is 10.0 Å². The standard InChI is InChI=1S/C20H22ClNO2S/c21-17-3-7-19(8-4-17)25-14-11-20(24)22-12-9-16(10-13-22)15-1-5-18(23)6-2-15/h1-8,16,23H,9-14H2. The van der Waals surface area contributed by atoms with Gasteiger partial charge in [0.15, 0.2) is 0 Å². The fourth-order valence-corrected chi connectivity index (χ4v) is 4.12. The second-order valence-corrected chi connectivity index (χ2v) is 7.90. The Hall–Kier alpha value is -1.65. The molecule has 1 aliphatic rings. The highest BCUT2D eigenvalue weighted by Gasteiger charge is 2.23. The maximum atomic E-state index is 12.4. The quantitative estimate of drug-likeness (QED) is 0.753. The number of phenolic OH excluding ortho intramolecular Hbond substituents is 1. The predicted molar refractivity (Wildman–Crippen MR) is 103 cm³/mol. The lowest BCUT2D eigenvalue weighted by molar-refractivity contribution is -0.131. The minimum absolute atomic E-state index is 0.241. The van der Waals surface area contributed by atoms with Crippen LogP contribution in [-0.4, -0.2) is 34.8 Å². The number of piperidine rings is 1. The van der Waals surface area contributed by atoms with E-state index in [2.05, 4.69) is 0 Å². The number of rotatable bonds is 5. The van der Waals surface area contributed by atoms with Gasteiger partial charge in [0.25, 0.3) is 0 Å². The second-order valence-electron chi connectivity index (χ2n) is 6.30. The van der Waals surface area contributed by atoms with E-state index < -0.39 is 0 Å². The maximum absolute atomic E-state index is 12.4. The monoisotopic (exact) mass is 375 g/mol. The highest BCUT2D eigenvalue weighted by molar-refractivity contribution is 7.99. The molecule has 1 N–H and O–H groups in total. The molecule has 132 valence electrons. The molecule has 2 aromatic carbocycles. The van der Waals surface area contributed by atoms with E-state index in [9.17, 15) is 9.90 Å². The summed E-state index contributed by atoms with van der Waals surface area (Å²) in [6, 6.07) is 15.2. The van der Waals surface area contributed by atoms with Gasteiger partial charge >= 0.3 is 0 Å². The molecule has 0 unspecified atom stereocenters. The molecule has 1 fully saturated rings. The summed E-state index contributed by atoms with van der Waals surface area (Å²) >= 11 is 7.57. The van der Waals surface area contributed by atoms with Crippen LogP contribution < -0.4 is 0 Å². The molecule has 0 saturated carbocycles. The van der Waals surface area contributed by atoms with Crippen LogP contribution in [-0.2, 0) is 4.79 Å². The van der Waals surface area contributed by atoms with Gasteiger partial charge in [-0.05, 0) is 60.7 Å². The van der Waals surface area contributed by atoms with Crippen LogP contribution in [0.25, 0.3) is 0 Å². The second kappa shape index (κ2) is 8.63. The fraction of sp³-hybridized carbons (Fsp3) is 0.350. The Kier molecular flexibility index (Phi) is 6.27. The largest absolute Gasteiger partial charge is 0.508 e. The van der Waals surface area contributed by atoms with E-state index in [4.69, 9.17) is 11.6 Å². The van der Waals surface area contributed by atoms with E-state index in [1.807, 2.05) is 41.3 Å². The van der Waals surface area contributed by atoms with Gasteiger partial charge in [-0.3, -0.25) is 4.79 Å². The van der Waals surface area contributed by atoms with Gasteiger partial charge in [-0.15, -0.1) is 11.8 Å². The number of nitrogens with zero attached hydrogens (tertiary/aromatic N) is 1. The summed E-state index contributed by atoms with van der Waals surface area (Å²) in [6.07, 6.45) is 2.54. The molecule has 3 nitrogen and oxygen atoms in total. The number of aromatic hydroxyl groups is 1. The summed E-state index contributed by atoms with van der Waals surface area (Å²) in [5, 5.41) is 10.1. The molecule has 2 aromatic rings. The van der Waals surface area contributed by atoms with E-state index in [0.717, 1.165) is 41.6 Å². The number of benzene rings is 2. The molecule has 0 atom stereocenters. The van der Waals surface area contributed by atoms with Gasteiger partial charge in [0.2, 0.25) is 5.91 Å². The van der Waals surface area contributed by atoms with Gasteiger partial charge in [-0.25, -0.2) is 0 Å².